The molecule has 8 heteroatoms. The Balaban J connectivity index is 1.93. The fourth-order valence-corrected chi connectivity index (χ4v) is 3.59. The van der Waals surface area contributed by atoms with Crippen LogP contribution < -0.4 is 5.32 Å². The molecule has 1 amide bonds. The lowest BCUT2D eigenvalue weighted by atomic mass is 9.92. The van der Waals surface area contributed by atoms with Crippen LogP contribution in [0.3, 0.4) is 0 Å². The van der Waals surface area contributed by atoms with Crippen LogP contribution in [0.4, 0.5) is 0 Å². The predicted octanol–water partition coefficient (Wildman–Crippen LogP) is 2.38. The van der Waals surface area contributed by atoms with Crippen LogP contribution in [-0.4, -0.2) is 78.8 Å². The molecule has 1 rings (SSSR count). The monoisotopic (exact) mass is 461 g/mol. The number of nitrogens with one attached hydrogen (secondary N) is 1. The number of hydrogen-bond acceptors (Lipinski definition) is 7. The van der Waals surface area contributed by atoms with Crippen molar-refractivity contribution in [1.29, 1.82) is 0 Å². The Morgan fingerprint density at radius 1 is 0.969 bits per heavy atom. The zero-order valence-corrected chi connectivity index (χ0v) is 20.3. The van der Waals surface area contributed by atoms with Gasteiger partial charge in [0.15, 0.2) is 6.29 Å². The van der Waals surface area contributed by atoms with Crippen LogP contribution in [-0.2, 0) is 19.0 Å². The highest BCUT2D eigenvalue weighted by atomic mass is 16.7. The Hall–Kier alpha value is -0.770. The van der Waals surface area contributed by atoms with E-state index in [1.165, 1.54) is 0 Å². The molecule has 1 saturated heterocycles. The maximum atomic E-state index is 11.9. The predicted molar refractivity (Wildman–Crippen MR) is 123 cm³/mol. The van der Waals surface area contributed by atoms with Crippen molar-refractivity contribution in [1.82, 2.24) is 5.32 Å². The minimum absolute atomic E-state index is 0.0927. The molecule has 0 aromatic heterocycles. The van der Waals surface area contributed by atoms with E-state index in [9.17, 15) is 20.1 Å². The third-order valence-electron chi connectivity index (χ3n) is 5.90. The van der Waals surface area contributed by atoms with Gasteiger partial charge in [-0.3, -0.25) is 4.79 Å². The first-order valence-corrected chi connectivity index (χ1v) is 12.4. The maximum absolute atomic E-state index is 11.9. The maximum Gasteiger partial charge on any atom is 0.219 e. The van der Waals surface area contributed by atoms with Crippen LogP contribution in [0.2, 0.25) is 0 Å². The number of aliphatic hydroxyl groups excluding tert-OH is 3. The molecule has 4 N–H and O–H groups in total. The lowest BCUT2D eigenvalue weighted by Crippen LogP contribution is -2.55. The van der Waals surface area contributed by atoms with Crippen LogP contribution in [0.5, 0.6) is 0 Å². The molecule has 1 heterocycles. The average molecular weight is 462 g/mol. The zero-order chi connectivity index (χ0) is 23.8. The van der Waals surface area contributed by atoms with Crippen LogP contribution in [0, 0.1) is 11.8 Å². The first-order valence-electron chi connectivity index (χ1n) is 12.4. The number of hydrogen-bond donors (Lipinski definition) is 4. The summed E-state index contributed by atoms with van der Waals surface area (Å²) in [6.07, 6.45) is 4.81. The van der Waals surface area contributed by atoms with Crippen LogP contribution in [0.25, 0.3) is 0 Å². The van der Waals surface area contributed by atoms with E-state index in [2.05, 4.69) is 19.2 Å². The van der Waals surface area contributed by atoms with Crippen molar-refractivity contribution in [3.05, 3.63) is 0 Å². The van der Waals surface area contributed by atoms with Gasteiger partial charge in [-0.1, -0.05) is 40.0 Å². The smallest absolute Gasteiger partial charge is 0.219 e. The van der Waals surface area contributed by atoms with E-state index in [1.54, 1.807) is 6.92 Å². The van der Waals surface area contributed by atoms with Crippen molar-refractivity contribution in [2.45, 2.75) is 103 Å². The van der Waals surface area contributed by atoms with E-state index in [0.717, 1.165) is 71.1 Å². The second-order valence-electron chi connectivity index (χ2n) is 9.31. The van der Waals surface area contributed by atoms with E-state index < -0.39 is 24.6 Å². The zero-order valence-electron chi connectivity index (χ0n) is 20.3. The van der Waals surface area contributed by atoms with E-state index in [0.29, 0.717) is 18.9 Å². The summed E-state index contributed by atoms with van der Waals surface area (Å²) in [6, 6.07) is 0. The molecule has 5 atom stereocenters. The second-order valence-corrected chi connectivity index (χ2v) is 9.31. The molecule has 8 nitrogen and oxygen atoms in total. The molecular formula is C24H47NO7. The van der Waals surface area contributed by atoms with Crippen molar-refractivity contribution >= 4 is 5.91 Å². The molecule has 0 saturated carbocycles. The van der Waals surface area contributed by atoms with Gasteiger partial charge in [-0.2, -0.15) is 0 Å². The molecular weight excluding hydrogens is 414 g/mol. The summed E-state index contributed by atoms with van der Waals surface area (Å²) in [4.78, 5) is 11.9. The third kappa shape index (κ3) is 12.5. The van der Waals surface area contributed by atoms with Crippen LogP contribution >= 0.6 is 0 Å². The summed E-state index contributed by atoms with van der Waals surface area (Å²) in [7, 11) is 0. The van der Waals surface area contributed by atoms with Gasteiger partial charge in [0.05, 0.1) is 12.7 Å². The molecule has 0 aromatic carbocycles. The molecule has 2 unspecified atom stereocenters. The lowest BCUT2D eigenvalue weighted by molar-refractivity contribution is -0.282. The average Bonchev–Trinajstić information content (AvgIpc) is 2.76. The Labute approximate surface area is 194 Å². The number of rotatable bonds is 18. The van der Waals surface area contributed by atoms with Crippen molar-refractivity contribution in [2.75, 3.05) is 33.0 Å². The lowest BCUT2D eigenvalue weighted by Gasteiger charge is -2.40. The van der Waals surface area contributed by atoms with Gasteiger partial charge in [-0.25, -0.2) is 0 Å². The molecule has 0 bridgehead atoms. The van der Waals surface area contributed by atoms with Gasteiger partial charge in [0.1, 0.15) is 12.2 Å². The first-order chi connectivity index (χ1) is 15.4. The molecule has 1 aliphatic rings. The fraction of sp³-hybridized carbons (Fsp3) is 0.958. The Kier molecular flexibility index (Phi) is 16.2. The summed E-state index contributed by atoms with van der Waals surface area (Å²) in [6.45, 7) is 8.64. The molecule has 0 spiro atoms. The number of carbonyl (C=O) groups is 1. The minimum atomic E-state index is -1.11. The van der Waals surface area contributed by atoms with Gasteiger partial charge in [-0.05, 0) is 38.0 Å². The second kappa shape index (κ2) is 17.7. The highest BCUT2D eigenvalue weighted by Crippen LogP contribution is 2.26. The van der Waals surface area contributed by atoms with Crippen LogP contribution in [0.15, 0.2) is 0 Å². The molecule has 1 aliphatic heterocycles. The third-order valence-corrected chi connectivity index (χ3v) is 5.90. The summed E-state index contributed by atoms with van der Waals surface area (Å²) in [5, 5.41) is 32.1. The van der Waals surface area contributed by atoms with Gasteiger partial charge in [-0.15, -0.1) is 0 Å². The molecule has 0 aliphatic carbocycles. The number of carbonyl (C=O) groups excluding carboxylic acids is 1. The Morgan fingerprint density at radius 3 is 2.38 bits per heavy atom. The van der Waals surface area contributed by atoms with E-state index >= 15 is 0 Å². The van der Waals surface area contributed by atoms with Gasteiger partial charge in [0, 0.05) is 38.7 Å². The number of unbranched alkanes of at least 4 members (excludes halogenated alkanes) is 5. The van der Waals surface area contributed by atoms with Crippen molar-refractivity contribution in [3.63, 3.8) is 0 Å². The van der Waals surface area contributed by atoms with Gasteiger partial charge in [0.25, 0.3) is 0 Å². The van der Waals surface area contributed by atoms with Crippen molar-refractivity contribution < 1.29 is 34.3 Å². The van der Waals surface area contributed by atoms with E-state index in [1.807, 2.05) is 0 Å². The van der Waals surface area contributed by atoms with Gasteiger partial charge >= 0.3 is 0 Å². The Bertz CT molecular complexity index is 475. The molecule has 32 heavy (non-hydrogen) atoms. The summed E-state index contributed by atoms with van der Waals surface area (Å²) < 4.78 is 16.8. The fourth-order valence-electron chi connectivity index (χ4n) is 3.59. The van der Waals surface area contributed by atoms with E-state index in [4.69, 9.17) is 14.2 Å². The van der Waals surface area contributed by atoms with Gasteiger partial charge in [0.2, 0.25) is 5.91 Å². The molecule has 190 valence electrons. The van der Waals surface area contributed by atoms with Crippen molar-refractivity contribution in [2.24, 2.45) is 11.8 Å². The topological polar surface area (TPSA) is 117 Å². The van der Waals surface area contributed by atoms with Crippen molar-refractivity contribution in [3.8, 4) is 0 Å². The number of ether oxygens (including phenoxy) is 3. The summed E-state index contributed by atoms with van der Waals surface area (Å²) in [5.41, 5.74) is 0. The first kappa shape index (κ1) is 29.3. The number of amides is 1. The van der Waals surface area contributed by atoms with Gasteiger partial charge < -0.3 is 34.8 Å². The largest absolute Gasteiger partial charge is 0.394 e. The highest BCUT2D eigenvalue weighted by molar-refractivity contribution is 5.75. The van der Waals surface area contributed by atoms with E-state index in [-0.39, 0.29) is 18.4 Å². The minimum Gasteiger partial charge on any atom is -0.394 e. The molecule has 0 aromatic rings. The quantitative estimate of drug-likeness (QED) is 0.232. The molecule has 1 fully saturated rings. The summed E-state index contributed by atoms with van der Waals surface area (Å²) >= 11 is 0. The standard InChI is InChI=1S/C24H47NO7/c1-18(2)12-16-30-14-9-5-4-8-13-25-21(27)11-7-6-10-15-31-24-19(3)22(28)23(29)20(17-26)32-24/h18-20,22-24,26,28-29H,4-17H2,1-3H3,(H,25,27)/t19?,20?,22-,23+,24-/m1/s1. The summed E-state index contributed by atoms with van der Waals surface area (Å²) in [5.74, 6) is 0.407. The normalized spacial score (nSPS) is 25.9. The van der Waals surface area contributed by atoms with Crippen LogP contribution in [0.1, 0.15) is 78.6 Å². The highest BCUT2D eigenvalue weighted by Gasteiger charge is 2.42. The number of aliphatic hydroxyl groups is 3. The molecule has 0 radical (unpaired) electrons. The SMILES string of the molecule is CC(C)CCOCCCCCCNC(=O)CCCCCO[C@@H]1OC(CO)[C@H](O)[C@H](O)C1C. The Morgan fingerprint density at radius 2 is 1.66 bits per heavy atom.